The zero-order valence-electron chi connectivity index (χ0n) is 13.4. The van der Waals surface area contributed by atoms with Crippen LogP contribution in [-0.4, -0.2) is 45.9 Å². The molecule has 7 heteroatoms. The van der Waals surface area contributed by atoms with Crippen LogP contribution in [0.4, 0.5) is 0 Å². The standard InChI is InChI=1S/C17H20N4O2.ClH/c22-16(20-9-6-14-12(11-20)4-3-7-18-14)13-10-19-15-5-1-2-8-21(15)17(13)23;/h1-2,5,8,10,12,14,18H,3-4,6-7,9,11H2;1H/t12-,14+;/m1./s1. The summed E-state index contributed by atoms with van der Waals surface area (Å²) in [5.41, 5.74) is 0.435. The van der Waals surface area contributed by atoms with E-state index >= 15 is 0 Å². The molecule has 0 unspecified atom stereocenters. The lowest BCUT2D eigenvalue weighted by atomic mass is 9.85. The van der Waals surface area contributed by atoms with Crippen molar-refractivity contribution < 1.29 is 4.79 Å². The number of halogens is 1. The van der Waals surface area contributed by atoms with E-state index in [2.05, 4.69) is 10.3 Å². The van der Waals surface area contributed by atoms with Gasteiger partial charge < -0.3 is 10.2 Å². The van der Waals surface area contributed by atoms with Crippen molar-refractivity contribution in [3.05, 3.63) is 46.5 Å². The Morgan fingerprint density at radius 2 is 2.17 bits per heavy atom. The number of likely N-dealkylation sites (tertiary alicyclic amines) is 1. The van der Waals surface area contributed by atoms with Gasteiger partial charge in [0.2, 0.25) is 0 Å². The number of fused-ring (bicyclic) bond motifs is 2. The molecule has 6 nitrogen and oxygen atoms in total. The molecule has 4 heterocycles. The van der Waals surface area contributed by atoms with Gasteiger partial charge in [0, 0.05) is 31.5 Å². The summed E-state index contributed by atoms with van der Waals surface area (Å²) >= 11 is 0. The van der Waals surface area contributed by atoms with Gasteiger partial charge in [-0.2, -0.15) is 0 Å². The highest BCUT2D eigenvalue weighted by Gasteiger charge is 2.33. The van der Waals surface area contributed by atoms with Crippen molar-refractivity contribution in [3.63, 3.8) is 0 Å². The molecule has 0 aliphatic carbocycles. The van der Waals surface area contributed by atoms with Crippen molar-refractivity contribution >= 4 is 24.0 Å². The molecular formula is C17H21ClN4O2. The van der Waals surface area contributed by atoms with E-state index < -0.39 is 0 Å². The summed E-state index contributed by atoms with van der Waals surface area (Å²) in [5, 5.41) is 3.54. The first-order valence-corrected chi connectivity index (χ1v) is 8.23. The highest BCUT2D eigenvalue weighted by Crippen LogP contribution is 2.25. The number of nitrogens with one attached hydrogen (secondary N) is 1. The number of aromatic nitrogens is 2. The predicted molar refractivity (Wildman–Crippen MR) is 93.7 cm³/mol. The van der Waals surface area contributed by atoms with E-state index in [-0.39, 0.29) is 29.4 Å². The summed E-state index contributed by atoms with van der Waals surface area (Å²) in [6.07, 6.45) is 6.34. The van der Waals surface area contributed by atoms with Crippen LogP contribution in [-0.2, 0) is 0 Å². The van der Waals surface area contributed by atoms with E-state index in [4.69, 9.17) is 0 Å². The Hall–Kier alpha value is -1.92. The molecule has 4 rings (SSSR count). The minimum Gasteiger partial charge on any atom is -0.338 e. The normalized spacial score (nSPS) is 23.4. The van der Waals surface area contributed by atoms with Crippen molar-refractivity contribution in [1.29, 1.82) is 0 Å². The van der Waals surface area contributed by atoms with Crippen LogP contribution in [0, 0.1) is 5.92 Å². The predicted octanol–water partition coefficient (Wildman–Crippen LogP) is 1.33. The third kappa shape index (κ3) is 2.91. The van der Waals surface area contributed by atoms with Gasteiger partial charge in [-0.3, -0.25) is 14.0 Å². The number of rotatable bonds is 1. The van der Waals surface area contributed by atoms with Crippen LogP contribution < -0.4 is 10.9 Å². The van der Waals surface area contributed by atoms with Crippen LogP contribution in [0.1, 0.15) is 29.6 Å². The average Bonchev–Trinajstić information content (AvgIpc) is 2.61. The second-order valence-electron chi connectivity index (χ2n) is 6.41. The van der Waals surface area contributed by atoms with Gasteiger partial charge in [0.15, 0.2) is 0 Å². The first-order chi connectivity index (χ1) is 11.2. The summed E-state index contributed by atoms with van der Waals surface area (Å²) in [6.45, 7) is 2.50. The van der Waals surface area contributed by atoms with E-state index in [1.807, 2.05) is 11.0 Å². The average molecular weight is 349 g/mol. The first-order valence-electron chi connectivity index (χ1n) is 8.23. The van der Waals surface area contributed by atoms with Crippen LogP contribution in [0.3, 0.4) is 0 Å². The lowest BCUT2D eigenvalue weighted by Gasteiger charge is -2.41. The quantitative estimate of drug-likeness (QED) is 0.844. The van der Waals surface area contributed by atoms with Crippen molar-refractivity contribution in [2.45, 2.75) is 25.3 Å². The Kier molecular flexibility index (Phi) is 4.87. The van der Waals surface area contributed by atoms with E-state index in [9.17, 15) is 9.59 Å². The zero-order chi connectivity index (χ0) is 15.8. The topological polar surface area (TPSA) is 66.7 Å². The maximum Gasteiger partial charge on any atom is 0.270 e. The molecule has 0 saturated carbocycles. The van der Waals surface area contributed by atoms with Crippen LogP contribution in [0.25, 0.3) is 5.65 Å². The Morgan fingerprint density at radius 3 is 3.04 bits per heavy atom. The second-order valence-corrected chi connectivity index (χ2v) is 6.41. The van der Waals surface area contributed by atoms with Gasteiger partial charge in [-0.1, -0.05) is 6.07 Å². The van der Waals surface area contributed by atoms with Crippen LogP contribution in [0.5, 0.6) is 0 Å². The minimum absolute atomic E-state index is 0. The molecule has 1 amide bonds. The fourth-order valence-corrected chi connectivity index (χ4v) is 3.77. The first kappa shape index (κ1) is 16.9. The fraction of sp³-hybridized carbons (Fsp3) is 0.471. The van der Waals surface area contributed by atoms with Crippen LogP contribution in [0.2, 0.25) is 0 Å². The molecule has 0 aromatic carbocycles. The Labute approximate surface area is 146 Å². The van der Waals surface area contributed by atoms with Crippen molar-refractivity contribution in [3.8, 4) is 0 Å². The van der Waals surface area contributed by atoms with E-state index in [1.165, 1.54) is 10.6 Å². The number of hydrogen-bond donors (Lipinski definition) is 1. The zero-order valence-corrected chi connectivity index (χ0v) is 14.2. The molecule has 128 valence electrons. The Balaban J connectivity index is 0.00000169. The largest absolute Gasteiger partial charge is 0.338 e. The molecule has 2 aliphatic rings. The highest BCUT2D eigenvalue weighted by atomic mass is 35.5. The van der Waals surface area contributed by atoms with Crippen molar-refractivity contribution in [2.75, 3.05) is 19.6 Å². The minimum atomic E-state index is -0.288. The van der Waals surface area contributed by atoms with Gasteiger partial charge in [0.25, 0.3) is 11.5 Å². The maximum absolute atomic E-state index is 12.8. The summed E-state index contributed by atoms with van der Waals surface area (Å²) in [6, 6.07) is 5.87. The molecule has 0 bridgehead atoms. The second kappa shape index (κ2) is 6.91. The number of carbonyl (C=O) groups excluding carboxylic acids is 1. The third-order valence-electron chi connectivity index (χ3n) is 5.02. The molecule has 2 aromatic rings. The molecule has 2 atom stereocenters. The SMILES string of the molecule is Cl.O=C(c1cnc2ccccn2c1=O)N1CC[C@@H]2NCCC[C@@H]2C1. The Bertz CT molecular complexity index is 807. The molecule has 1 N–H and O–H groups in total. The van der Waals surface area contributed by atoms with Gasteiger partial charge in [-0.25, -0.2) is 4.98 Å². The van der Waals surface area contributed by atoms with E-state index in [0.29, 0.717) is 24.2 Å². The van der Waals surface area contributed by atoms with Gasteiger partial charge in [-0.05, 0) is 43.9 Å². The summed E-state index contributed by atoms with van der Waals surface area (Å²) in [7, 11) is 0. The van der Waals surface area contributed by atoms with E-state index in [0.717, 1.165) is 32.4 Å². The van der Waals surface area contributed by atoms with Gasteiger partial charge in [0.1, 0.15) is 11.2 Å². The number of hydrogen-bond acceptors (Lipinski definition) is 4. The Morgan fingerprint density at radius 1 is 1.29 bits per heavy atom. The summed E-state index contributed by atoms with van der Waals surface area (Å²) in [5.74, 6) is 0.308. The van der Waals surface area contributed by atoms with Crippen molar-refractivity contribution in [1.82, 2.24) is 19.6 Å². The smallest absolute Gasteiger partial charge is 0.270 e. The lowest BCUT2D eigenvalue weighted by molar-refractivity contribution is 0.0590. The van der Waals surface area contributed by atoms with Crippen molar-refractivity contribution in [2.24, 2.45) is 5.92 Å². The molecule has 24 heavy (non-hydrogen) atoms. The number of nitrogens with zero attached hydrogens (tertiary/aromatic N) is 3. The molecule has 0 radical (unpaired) electrons. The van der Waals surface area contributed by atoms with E-state index in [1.54, 1.807) is 18.3 Å². The fourth-order valence-electron chi connectivity index (χ4n) is 3.77. The number of piperidine rings is 2. The van der Waals surface area contributed by atoms with Crippen LogP contribution in [0.15, 0.2) is 35.4 Å². The molecule has 2 fully saturated rings. The number of carbonyl (C=O) groups is 1. The molecule has 2 saturated heterocycles. The monoisotopic (exact) mass is 348 g/mol. The molecular weight excluding hydrogens is 328 g/mol. The maximum atomic E-state index is 12.8. The van der Waals surface area contributed by atoms with Gasteiger partial charge in [-0.15, -0.1) is 12.4 Å². The summed E-state index contributed by atoms with van der Waals surface area (Å²) < 4.78 is 1.43. The van der Waals surface area contributed by atoms with Gasteiger partial charge in [0.05, 0.1) is 0 Å². The molecule has 2 aliphatic heterocycles. The third-order valence-corrected chi connectivity index (χ3v) is 5.02. The summed E-state index contributed by atoms with van der Waals surface area (Å²) in [4.78, 5) is 31.4. The van der Waals surface area contributed by atoms with Crippen LogP contribution >= 0.6 is 12.4 Å². The highest BCUT2D eigenvalue weighted by molar-refractivity contribution is 5.93. The molecule has 0 spiro atoms. The lowest BCUT2D eigenvalue weighted by Crippen LogP contribution is -2.54. The van der Waals surface area contributed by atoms with Gasteiger partial charge >= 0.3 is 0 Å². The number of pyridine rings is 1. The number of amides is 1. The molecule has 2 aromatic heterocycles.